The van der Waals surface area contributed by atoms with Crippen molar-refractivity contribution in [3.05, 3.63) is 40.1 Å². The van der Waals surface area contributed by atoms with E-state index in [1.807, 2.05) is 19.9 Å². The molecule has 1 fully saturated rings. The molecule has 1 saturated heterocycles. The number of quaternary nitrogens is 1. The van der Waals surface area contributed by atoms with Crippen LogP contribution in [0.15, 0.2) is 27.9 Å². The second-order valence-corrected chi connectivity index (χ2v) is 9.38. The Labute approximate surface area is 210 Å². The molecule has 1 aromatic carbocycles. The summed E-state index contributed by atoms with van der Waals surface area (Å²) in [6, 6.07) is 6.13. The number of H-pyrrole nitrogens is 1. The molecule has 2 N–H and O–H groups in total. The number of halogens is 1. The first-order valence-corrected chi connectivity index (χ1v) is 13.5. The van der Waals surface area contributed by atoms with Gasteiger partial charge in [0.15, 0.2) is 11.3 Å². The van der Waals surface area contributed by atoms with Crippen LogP contribution in [0.3, 0.4) is 0 Å². The van der Waals surface area contributed by atoms with Gasteiger partial charge in [0.25, 0.3) is 5.56 Å². The fraction of sp³-hybridized carbons (Fsp3) is 0.542. The number of aromatic amines is 1. The summed E-state index contributed by atoms with van der Waals surface area (Å²) in [7, 11) is 2.24. The average Bonchev–Trinajstić information content (AvgIpc) is 3.21. The second kappa shape index (κ2) is 12.6. The predicted octanol–water partition coefficient (Wildman–Crippen LogP) is 2.69. The highest BCUT2D eigenvalue weighted by Crippen LogP contribution is 2.33. The van der Waals surface area contributed by atoms with Crippen LogP contribution in [0, 0.1) is 0 Å². The number of aromatic nitrogens is 4. The smallest absolute Gasteiger partial charge is 0.277 e. The first-order valence-electron chi connectivity index (χ1n) is 11.9. The average molecular weight is 508 g/mol. The number of benzene rings is 1. The number of nitrogens with one attached hydrogen (secondary N) is 2. The number of alkyl halides is 1. The lowest BCUT2D eigenvalue weighted by molar-refractivity contribution is -0.883. The highest BCUT2D eigenvalue weighted by molar-refractivity contribution is 7.97. The van der Waals surface area contributed by atoms with Crippen molar-refractivity contribution in [2.75, 3.05) is 46.2 Å². The van der Waals surface area contributed by atoms with Crippen LogP contribution in [0.2, 0.25) is 0 Å². The summed E-state index contributed by atoms with van der Waals surface area (Å²) in [5.41, 5.74) is 1.97. The van der Waals surface area contributed by atoms with Crippen LogP contribution in [0.25, 0.3) is 16.9 Å². The van der Waals surface area contributed by atoms with Crippen molar-refractivity contribution >= 4 is 29.1 Å². The molecule has 0 spiro atoms. The Morgan fingerprint density at radius 3 is 2.59 bits per heavy atom. The Morgan fingerprint density at radius 2 is 1.94 bits per heavy atom. The summed E-state index contributed by atoms with van der Waals surface area (Å²) >= 11 is 6.39. The summed E-state index contributed by atoms with van der Waals surface area (Å²) in [5.74, 6) is 2.05. The molecule has 8 nitrogen and oxygen atoms in total. The van der Waals surface area contributed by atoms with Crippen LogP contribution >= 0.6 is 23.5 Å². The van der Waals surface area contributed by atoms with Crippen molar-refractivity contribution in [2.45, 2.75) is 44.9 Å². The largest absolute Gasteiger partial charge is 0.493 e. The van der Waals surface area contributed by atoms with Crippen LogP contribution in [-0.4, -0.2) is 70.1 Å². The lowest BCUT2D eigenvalue weighted by atomic mass is 10.2. The second-order valence-electron chi connectivity index (χ2n) is 8.21. The number of aryl methyl sites for hydroxylation is 2. The first-order chi connectivity index (χ1) is 16.5. The van der Waals surface area contributed by atoms with Crippen molar-refractivity contribution in [3.8, 4) is 17.1 Å². The lowest BCUT2D eigenvalue weighted by Gasteiger charge is -2.29. The van der Waals surface area contributed by atoms with Crippen LogP contribution in [0.1, 0.15) is 38.7 Å². The van der Waals surface area contributed by atoms with E-state index in [4.69, 9.17) is 9.84 Å². The Balaban J connectivity index is 0.00000158. The van der Waals surface area contributed by atoms with Gasteiger partial charge in [-0.3, -0.25) is 4.79 Å². The molecule has 0 atom stereocenters. The van der Waals surface area contributed by atoms with E-state index in [0.29, 0.717) is 24.4 Å². The monoisotopic (exact) mass is 507 g/mol. The van der Waals surface area contributed by atoms with Crippen LogP contribution < -0.4 is 15.2 Å². The summed E-state index contributed by atoms with van der Waals surface area (Å²) in [4.78, 5) is 23.4. The molecule has 0 aliphatic carbocycles. The normalized spacial score (nSPS) is 14.8. The third-order valence-corrected chi connectivity index (χ3v) is 6.85. The molecule has 1 aliphatic heterocycles. The van der Waals surface area contributed by atoms with Gasteiger partial charge in [0, 0.05) is 17.7 Å². The van der Waals surface area contributed by atoms with Gasteiger partial charge in [-0.25, -0.2) is 13.8 Å². The molecule has 2 aromatic heterocycles. The van der Waals surface area contributed by atoms with Crippen molar-refractivity contribution < 1.29 is 9.64 Å². The van der Waals surface area contributed by atoms with Gasteiger partial charge < -0.3 is 14.6 Å². The van der Waals surface area contributed by atoms with E-state index in [9.17, 15) is 4.79 Å². The van der Waals surface area contributed by atoms with Gasteiger partial charge in [0.2, 0.25) is 0 Å². The molecular formula is C24H36ClN6O2S+. The number of piperazine rings is 1. The van der Waals surface area contributed by atoms with Crippen LogP contribution in [0.4, 0.5) is 0 Å². The number of likely N-dealkylation sites (N-methyl/N-ethyl adjacent to an activating group) is 1. The minimum Gasteiger partial charge on any atom is -0.493 e. The fourth-order valence-corrected chi connectivity index (χ4v) is 4.99. The molecule has 34 heavy (non-hydrogen) atoms. The first kappa shape index (κ1) is 26.5. The Morgan fingerprint density at radius 1 is 1.21 bits per heavy atom. The van der Waals surface area contributed by atoms with E-state index in [0.717, 1.165) is 66.7 Å². The summed E-state index contributed by atoms with van der Waals surface area (Å²) in [6.07, 6.45) is 3.88. The van der Waals surface area contributed by atoms with Gasteiger partial charge in [0.1, 0.15) is 11.6 Å². The van der Waals surface area contributed by atoms with E-state index < -0.39 is 0 Å². The van der Waals surface area contributed by atoms with E-state index >= 15 is 0 Å². The number of hydrogen-bond acceptors (Lipinski definition) is 6. The van der Waals surface area contributed by atoms with E-state index in [1.165, 1.54) is 6.38 Å². The Kier molecular flexibility index (Phi) is 9.82. The van der Waals surface area contributed by atoms with E-state index in [1.54, 1.807) is 21.4 Å². The quantitative estimate of drug-likeness (QED) is 0.360. The van der Waals surface area contributed by atoms with Gasteiger partial charge in [-0.05, 0) is 49.9 Å². The third kappa shape index (κ3) is 5.94. The van der Waals surface area contributed by atoms with Gasteiger partial charge in [-0.15, -0.1) is 16.7 Å². The zero-order valence-electron chi connectivity index (χ0n) is 20.8. The molecule has 0 amide bonds. The lowest BCUT2D eigenvalue weighted by Crippen LogP contribution is -3.11. The maximum atomic E-state index is 13.1. The maximum absolute atomic E-state index is 13.1. The number of imidazole rings is 1. The zero-order valence-corrected chi connectivity index (χ0v) is 22.4. The standard InChI is InChI=1S/C23H32N6O2S.CH3Cl/c1-5-8-20-24-18(6-2)21-23(30)25-22(26-29(20)21)17-15-16(9-10-19(17)31-7-3)32-28-13-11-27(4)12-14-28;1-2/h9-10,15H,5-8,11-14H2,1-4H3,(H,25,26,30);1H3/p+1. The molecule has 0 saturated carbocycles. The zero-order chi connectivity index (χ0) is 24.7. The molecule has 0 radical (unpaired) electrons. The SMILES string of the molecule is CCCc1nc(CC)c2c(=O)[nH]c(-c3cc(SN4CC[NH+](C)CC4)ccc3OCC)nn12.CCl. The molecule has 1 aliphatic rings. The van der Waals surface area contributed by atoms with E-state index in [2.05, 4.69) is 52.0 Å². The molecule has 4 rings (SSSR count). The van der Waals surface area contributed by atoms with Crippen molar-refractivity contribution in [1.29, 1.82) is 0 Å². The van der Waals surface area contributed by atoms with Gasteiger partial charge in [-0.1, -0.05) is 13.8 Å². The minimum atomic E-state index is -0.163. The number of ether oxygens (including phenoxy) is 1. The molecule has 10 heteroatoms. The molecule has 0 unspecified atom stereocenters. The Hall–Kier alpha value is -2.07. The summed E-state index contributed by atoms with van der Waals surface area (Å²) in [5, 5.41) is 4.83. The van der Waals surface area contributed by atoms with Crippen LogP contribution in [-0.2, 0) is 12.8 Å². The van der Waals surface area contributed by atoms with E-state index in [-0.39, 0.29) is 5.56 Å². The Bertz CT molecular complexity index is 1140. The highest BCUT2D eigenvalue weighted by Gasteiger charge is 2.20. The summed E-state index contributed by atoms with van der Waals surface area (Å²) in [6.45, 7) is 11.0. The number of hydrogen-bond donors (Lipinski definition) is 2. The van der Waals surface area contributed by atoms with Gasteiger partial charge in [0.05, 0.1) is 51.1 Å². The highest BCUT2D eigenvalue weighted by atomic mass is 35.5. The van der Waals surface area contributed by atoms with Crippen molar-refractivity contribution in [3.63, 3.8) is 0 Å². The molecule has 186 valence electrons. The predicted molar refractivity (Wildman–Crippen MR) is 139 cm³/mol. The minimum absolute atomic E-state index is 0.163. The molecular weight excluding hydrogens is 472 g/mol. The molecule has 0 bridgehead atoms. The van der Waals surface area contributed by atoms with Crippen LogP contribution in [0.5, 0.6) is 5.75 Å². The topological polar surface area (TPSA) is 80.0 Å². The molecule has 3 aromatic rings. The maximum Gasteiger partial charge on any atom is 0.277 e. The van der Waals surface area contributed by atoms with Crippen molar-refractivity contribution in [2.24, 2.45) is 0 Å². The van der Waals surface area contributed by atoms with Crippen molar-refractivity contribution in [1.82, 2.24) is 23.9 Å². The van der Waals surface area contributed by atoms with Gasteiger partial charge >= 0.3 is 0 Å². The third-order valence-electron chi connectivity index (χ3n) is 5.77. The number of fused-ring (bicyclic) bond motifs is 1. The number of rotatable bonds is 8. The number of nitrogens with zero attached hydrogens (tertiary/aromatic N) is 4. The van der Waals surface area contributed by atoms with Gasteiger partial charge in [-0.2, -0.15) is 0 Å². The fourth-order valence-electron chi connectivity index (χ4n) is 4.03. The molecule has 3 heterocycles. The summed E-state index contributed by atoms with van der Waals surface area (Å²) < 4.78 is 10.0.